The van der Waals surface area contributed by atoms with E-state index in [1.54, 1.807) is 26.2 Å². The number of aliphatic hydroxyl groups is 1. The Morgan fingerprint density at radius 1 is 1.50 bits per heavy atom. The molecule has 2 heterocycles. The molecule has 5 nitrogen and oxygen atoms in total. The Kier molecular flexibility index (Phi) is 4.59. The third kappa shape index (κ3) is 3.47. The lowest BCUT2D eigenvalue weighted by Crippen LogP contribution is -2.37. The topological polar surface area (TPSA) is 71.7 Å². The van der Waals surface area contributed by atoms with E-state index < -0.39 is 5.60 Å². The maximum Gasteiger partial charge on any atom is 0.287 e. The number of furan rings is 1. The van der Waals surface area contributed by atoms with Crippen LogP contribution in [0.5, 0.6) is 0 Å². The molecule has 1 unspecified atom stereocenters. The maximum absolute atomic E-state index is 11.9. The number of carbonyl (C=O) groups excluding carboxylic acids is 1. The molecule has 1 atom stereocenters. The molecule has 2 rings (SSSR count). The monoisotopic (exact) mass is 295 g/mol. The molecule has 0 aliphatic heterocycles. The fourth-order valence-electron chi connectivity index (χ4n) is 1.73. The molecule has 6 heteroatoms. The molecule has 0 saturated carbocycles. The van der Waals surface area contributed by atoms with E-state index in [0.717, 1.165) is 4.88 Å². The molecule has 0 bridgehead atoms. The van der Waals surface area contributed by atoms with Gasteiger partial charge < -0.3 is 19.6 Å². The minimum Gasteiger partial charge on any atom is -0.453 e. The van der Waals surface area contributed by atoms with Gasteiger partial charge in [0.15, 0.2) is 5.76 Å². The first-order chi connectivity index (χ1) is 9.53. The lowest BCUT2D eigenvalue weighted by Gasteiger charge is -2.21. The molecule has 108 valence electrons. The van der Waals surface area contributed by atoms with E-state index >= 15 is 0 Å². The Bertz CT molecular complexity index is 560. The van der Waals surface area contributed by atoms with Crippen LogP contribution in [0.3, 0.4) is 0 Å². The van der Waals surface area contributed by atoms with Gasteiger partial charge in [0.05, 0.1) is 6.54 Å². The van der Waals surface area contributed by atoms with Crippen LogP contribution in [0.1, 0.15) is 28.1 Å². The fraction of sp³-hybridized carbons (Fsp3) is 0.357. The van der Waals surface area contributed by atoms with Crippen LogP contribution in [-0.4, -0.2) is 24.7 Å². The summed E-state index contributed by atoms with van der Waals surface area (Å²) in [5.74, 6) is 0.436. The largest absolute Gasteiger partial charge is 0.453 e. The minimum atomic E-state index is -1.09. The van der Waals surface area contributed by atoms with E-state index in [2.05, 4.69) is 5.32 Å². The van der Waals surface area contributed by atoms with Crippen molar-refractivity contribution >= 4 is 17.2 Å². The van der Waals surface area contributed by atoms with Crippen LogP contribution in [0.2, 0.25) is 0 Å². The summed E-state index contributed by atoms with van der Waals surface area (Å²) in [5, 5.41) is 14.9. The van der Waals surface area contributed by atoms with Crippen molar-refractivity contribution < 1.29 is 19.1 Å². The molecule has 20 heavy (non-hydrogen) atoms. The molecule has 2 aromatic heterocycles. The van der Waals surface area contributed by atoms with Crippen molar-refractivity contribution in [1.82, 2.24) is 5.32 Å². The third-order valence-electron chi connectivity index (χ3n) is 2.82. The van der Waals surface area contributed by atoms with Crippen molar-refractivity contribution in [3.8, 4) is 0 Å². The van der Waals surface area contributed by atoms with Crippen molar-refractivity contribution in [3.05, 3.63) is 46.0 Å². The number of hydrogen-bond acceptors (Lipinski definition) is 5. The number of ether oxygens (including phenoxy) is 1. The second-order valence-electron chi connectivity index (χ2n) is 4.63. The molecule has 0 saturated heterocycles. The first-order valence-electron chi connectivity index (χ1n) is 6.15. The zero-order valence-corrected chi connectivity index (χ0v) is 12.2. The summed E-state index contributed by atoms with van der Waals surface area (Å²) < 4.78 is 10.2. The smallest absolute Gasteiger partial charge is 0.287 e. The number of thiophene rings is 1. The number of methoxy groups -OCH3 is 1. The van der Waals surface area contributed by atoms with E-state index in [-0.39, 0.29) is 18.2 Å². The first kappa shape index (κ1) is 14.8. The van der Waals surface area contributed by atoms with Crippen molar-refractivity contribution in [2.75, 3.05) is 13.7 Å². The molecule has 0 aromatic carbocycles. The second-order valence-corrected chi connectivity index (χ2v) is 5.58. The van der Waals surface area contributed by atoms with Crippen molar-refractivity contribution in [1.29, 1.82) is 0 Å². The summed E-state index contributed by atoms with van der Waals surface area (Å²) in [6.45, 7) is 2.10. The molecular weight excluding hydrogens is 278 g/mol. The Morgan fingerprint density at radius 3 is 2.95 bits per heavy atom. The second kappa shape index (κ2) is 6.21. The zero-order valence-electron chi connectivity index (χ0n) is 11.4. The maximum atomic E-state index is 11.9. The van der Waals surface area contributed by atoms with Gasteiger partial charge in [-0.1, -0.05) is 6.07 Å². The highest BCUT2D eigenvalue weighted by molar-refractivity contribution is 7.10. The van der Waals surface area contributed by atoms with Crippen LogP contribution in [0, 0.1) is 0 Å². The van der Waals surface area contributed by atoms with Crippen LogP contribution in [-0.2, 0) is 16.9 Å². The molecule has 0 radical (unpaired) electrons. The highest BCUT2D eigenvalue weighted by Gasteiger charge is 2.25. The average Bonchev–Trinajstić information content (AvgIpc) is 3.07. The Hall–Kier alpha value is -1.63. The standard InChI is InChI=1S/C14H17NO4S/c1-14(17,12-4-3-7-20-12)9-15-13(16)11-6-5-10(19-11)8-18-2/h3-7,17H,8-9H2,1-2H3,(H,15,16). The van der Waals surface area contributed by atoms with Crippen molar-refractivity contribution in [2.24, 2.45) is 0 Å². The summed E-state index contributed by atoms with van der Waals surface area (Å²) >= 11 is 1.45. The van der Waals surface area contributed by atoms with E-state index in [4.69, 9.17) is 9.15 Å². The lowest BCUT2D eigenvalue weighted by atomic mass is 10.1. The van der Waals surface area contributed by atoms with E-state index in [1.807, 2.05) is 17.5 Å². The van der Waals surface area contributed by atoms with Gasteiger partial charge >= 0.3 is 0 Å². The van der Waals surface area contributed by atoms with Gasteiger partial charge in [-0.05, 0) is 30.5 Å². The third-order valence-corrected chi connectivity index (χ3v) is 3.94. The molecule has 2 aromatic rings. The summed E-state index contributed by atoms with van der Waals surface area (Å²) in [7, 11) is 1.56. The van der Waals surface area contributed by atoms with Crippen LogP contribution in [0.25, 0.3) is 0 Å². The van der Waals surface area contributed by atoms with Gasteiger partial charge in [0.1, 0.15) is 18.0 Å². The summed E-state index contributed by atoms with van der Waals surface area (Å²) in [6, 6.07) is 6.97. The zero-order chi connectivity index (χ0) is 14.6. The van der Waals surface area contributed by atoms with Gasteiger partial charge in [0.2, 0.25) is 0 Å². The number of nitrogens with one attached hydrogen (secondary N) is 1. The fourth-order valence-corrected chi connectivity index (χ4v) is 2.52. The molecule has 2 N–H and O–H groups in total. The molecule has 0 spiro atoms. The lowest BCUT2D eigenvalue weighted by molar-refractivity contribution is 0.0546. The van der Waals surface area contributed by atoms with Gasteiger partial charge in [-0.25, -0.2) is 0 Å². The Balaban J connectivity index is 1.94. The van der Waals surface area contributed by atoms with Crippen molar-refractivity contribution in [2.45, 2.75) is 19.1 Å². The van der Waals surface area contributed by atoms with Gasteiger partial charge in [-0.3, -0.25) is 4.79 Å². The number of hydrogen-bond donors (Lipinski definition) is 2. The van der Waals surface area contributed by atoms with Crippen LogP contribution in [0.15, 0.2) is 34.1 Å². The van der Waals surface area contributed by atoms with Gasteiger partial charge in [-0.2, -0.15) is 0 Å². The quantitative estimate of drug-likeness (QED) is 0.856. The predicted octanol–water partition coefficient (Wildman–Crippen LogP) is 2.12. The molecule has 0 fully saturated rings. The molecule has 0 aliphatic carbocycles. The predicted molar refractivity (Wildman–Crippen MR) is 75.6 cm³/mol. The average molecular weight is 295 g/mol. The highest BCUT2D eigenvalue weighted by Crippen LogP contribution is 2.24. The minimum absolute atomic E-state index is 0.118. The van der Waals surface area contributed by atoms with Crippen molar-refractivity contribution in [3.63, 3.8) is 0 Å². The van der Waals surface area contributed by atoms with E-state index in [1.165, 1.54) is 11.3 Å². The molecular formula is C14H17NO4S. The summed E-state index contributed by atoms with van der Waals surface area (Å²) in [5.41, 5.74) is -1.09. The SMILES string of the molecule is COCc1ccc(C(=O)NCC(C)(O)c2cccs2)o1. The van der Waals surface area contributed by atoms with Crippen LogP contribution in [0.4, 0.5) is 0 Å². The van der Waals surface area contributed by atoms with Gasteiger partial charge in [0, 0.05) is 12.0 Å². The molecule has 0 aliphatic rings. The van der Waals surface area contributed by atoms with Crippen LogP contribution >= 0.6 is 11.3 Å². The molecule has 1 amide bonds. The Labute approximate surface area is 121 Å². The van der Waals surface area contributed by atoms with E-state index in [0.29, 0.717) is 12.4 Å². The normalized spacial score (nSPS) is 13.9. The van der Waals surface area contributed by atoms with Gasteiger partial charge in [-0.15, -0.1) is 11.3 Å². The Morgan fingerprint density at radius 2 is 2.30 bits per heavy atom. The number of carbonyl (C=O) groups is 1. The number of amides is 1. The van der Waals surface area contributed by atoms with E-state index in [9.17, 15) is 9.90 Å². The highest BCUT2D eigenvalue weighted by atomic mass is 32.1. The number of rotatable bonds is 6. The summed E-state index contributed by atoms with van der Waals surface area (Å²) in [4.78, 5) is 12.7. The van der Waals surface area contributed by atoms with Crippen LogP contribution < -0.4 is 5.32 Å². The first-order valence-corrected chi connectivity index (χ1v) is 7.03. The summed E-state index contributed by atoms with van der Waals surface area (Å²) in [6.07, 6.45) is 0. The van der Waals surface area contributed by atoms with Gasteiger partial charge in [0.25, 0.3) is 5.91 Å².